The fourth-order valence-electron chi connectivity index (χ4n) is 3.70. The molecule has 0 spiro atoms. The largest absolute Gasteiger partial charge is 0.465 e. The molecule has 1 saturated carbocycles. The molecule has 0 N–H and O–H groups in total. The first-order valence-electron chi connectivity index (χ1n) is 7.22. The average Bonchev–Trinajstić information content (AvgIpc) is 2.38. The van der Waals surface area contributed by atoms with E-state index in [0.29, 0.717) is 6.61 Å². The molecule has 3 heteroatoms. The number of carbonyl (C=O) groups excluding carboxylic acids is 1. The van der Waals surface area contributed by atoms with Crippen LogP contribution in [0.4, 0.5) is 0 Å². The SMILES string of the molecule is CC.CCC12CCCCC1(C)C(C)C(=O)OC2.[V]. The third-order valence-electron chi connectivity index (χ3n) is 5.29. The van der Waals surface area contributed by atoms with Crippen molar-refractivity contribution in [3.8, 4) is 0 Å². The smallest absolute Gasteiger partial charge is 0.309 e. The van der Waals surface area contributed by atoms with E-state index in [1.165, 1.54) is 25.7 Å². The van der Waals surface area contributed by atoms with E-state index in [4.69, 9.17) is 4.74 Å². The standard InChI is InChI=1S/C13H22O2.C2H6.V/c1-4-13-8-6-5-7-12(13,3)10(2)11(14)15-9-13;1-2;/h10H,4-9H2,1-3H3;1-2H3;. The van der Waals surface area contributed by atoms with Crippen LogP contribution < -0.4 is 0 Å². The summed E-state index contributed by atoms with van der Waals surface area (Å²) in [7, 11) is 0. The molecule has 0 aromatic carbocycles. The van der Waals surface area contributed by atoms with Gasteiger partial charge in [0.2, 0.25) is 0 Å². The third kappa shape index (κ3) is 2.65. The molecular formula is C15H28O2V. The van der Waals surface area contributed by atoms with Crippen LogP contribution in [0.25, 0.3) is 0 Å². The number of hydrogen-bond acceptors (Lipinski definition) is 2. The minimum atomic E-state index is 0. The molecule has 2 nitrogen and oxygen atoms in total. The van der Waals surface area contributed by atoms with E-state index in [1.807, 2.05) is 13.8 Å². The van der Waals surface area contributed by atoms with Crippen molar-refractivity contribution in [2.24, 2.45) is 16.7 Å². The van der Waals surface area contributed by atoms with E-state index in [2.05, 4.69) is 20.8 Å². The topological polar surface area (TPSA) is 26.3 Å². The molecule has 1 radical (unpaired) electrons. The van der Waals surface area contributed by atoms with E-state index in [0.717, 1.165) is 6.42 Å². The van der Waals surface area contributed by atoms with Crippen molar-refractivity contribution in [1.82, 2.24) is 0 Å². The summed E-state index contributed by atoms with van der Waals surface area (Å²) in [5.41, 5.74) is 0.438. The predicted molar refractivity (Wildman–Crippen MR) is 70.8 cm³/mol. The number of hydrogen-bond donors (Lipinski definition) is 0. The predicted octanol–water partition coefficient (Wildman–Crippen LogP) is 4.18. The Kier molecular flexibility index (Phi) is 7.02. The molecule has 0 aromatic heterocycles. The number of ether oxygens (including phenoxy) is 1. The van der Waals surface area contributed by atoms with Crippen molar-refractivity contribution >= 4 is 5.97 Å². The van der Waals surface area contributed by atoms with Gasteiger partial charge in [0.15, 0.2) is 0 Å². The van der Waals surface area contributed by atoms with E-state index >= 15 is 0 Å². The van der Waals surface area contributed by atoms with Gasteiger partial charge in [0, 0.05) is 24.0 Å². The monoisotopic (exact) mass is 291 g/mol. The van der Waals surface area contributed by atoms with Crippen LogP contribution in [0.15, 0.2) is 0 Å². The van der Waals surface area contributed by atoms with Crippen molar-refractivity contribution in [2.75, 3.05) is 6.61 Å². The Morgan fingerprint density at radius 2 is 1.83 bits per heavy atom. The van der Waals surface area contributed by atoms with Gasteiger partial charge < -0.3 is 4.74 Å². The Balaban J connectivity index is 0.000000917. The third-order valence-corrected chi connectivity index (χ3v) is 5.29. The van der Waals surface area contributed by atoms with Crippen LogP contribution >= 0.6 is 0 Å². The molecule has 1 aliphatic heterocycles. The van der Waals surface area contributed by atoms with Crippen molar-refractivity contribution < 1.29 is 28.1 Å². The Hall–Kier alpha value is 0.0544. The summed E-state index contributed by atoms with van der Waals surface area (Å²) in [4.78, 5) is 11.7. The molecule has 1 saturated heterocycles. The quantitative estimate of drug-likeness (QED) is 0.677. The molecule has 0 aromatic rings. The second kappa shape index (κ2) is 7.00. The molecule has 105 valence electrons. The van der Waals surface area contributed by atoms with Crippen molar-refractivity contribution in [1.29, 1.82) is 0 Å². The zero-order valence-electron chi connectivity index (χ0n) is 12.6. The second-order valence-corrected chi connectivity index (χ2v) is 5.59. The Bertz CT molecular complexity index is 280. The van der Waals surface area contributed by atoms with Gasteiger partial charge in [-0.15, -0.1) is 0 Å². The summed E-state index contributed by atoms with van der Waals surface area (Å²) in [5.74, 6) is 0.0926. The van der Waals surface area contributed by atoms with Gasteiger partial charge in [0.05, 0.1) is 12.5 Å². The fraction of sp³-hybridized carbons (Fsp3) is 0.933. The van der Waals surface area contributed by atoms with Crippen molar-refractivity contribution in [2.45, 2.75) is 66.7 Å². The average molecular weight is 291 g/mol. The Morgan fingerprint density at radius 1 is 1.28 bits per heavy atom. The van der Waals surface area contributed by atoms with Crippen molar-refractivity contribution in [3.05, 3.63) is 0 Å². The molecule has 1 heterocycles. The summed E-state index contributed by atoms with van der Waals surface area (Å²) in [6.45, 7) is 11.3. The molecular weight excluding hydrogens is 263 g/mol. The number of cyclic esters (lactones) is 1. The van der Waals surface area contributed by atoms with Gasteiger partial charge in [-0.1, -0.05) is 47.5 Å². The molecule has 2 rings (SSSR count). The normalized spacial score (nSPS) is 38.5. The van der Waals surface area contributed by atoms with Gasteiger partial charge >= 0.3 is 5.97 Å². The van der Waals surface area contributed by atoms with Crippen LogP contribution in [-0.4, -0.2) is 12.6 Å². The molecule has 1 aliphatic carbocycles. The van der Waals surface area contributed by atoms with E-state index in [1.54, 1.807) is 0 Å². The zero-order chi connectivity index (χ0) is 13.1. The second-order valence-electron chi connectivity index (χ2n) is 5.59. The number of rotatable bonds is 1. The Labute approximate surface area is 124 Å². The number of fused-ring (bicyclic) bond motifs is 1. The first-order chi connectivity index (χ1) is 8.06. The van der Waals surface area contributed by atoms with E-state index in [-0.39, 0.29) is 41.3 Å². The van der Waals surface area contributed by atoms with Gasteiger partial charge in [-0.25, -0.2) is 0 Å². The number of esters is 1. The van der Waals surface area contributed by atoms with Gasteiger partial charge in [-0.05, 0) is 24.7 Å². The summed E-state index contributed by atoms with van der Waals surface area (Å²) >= 11 is 0. The van der Waals surface area contributed by atoms with Crippen LogP contribution in [-0.2, 0) is 28.1 Å². The maximum atomic E-state index is 11.7. The van der Waals surface area contributed by atoms with Crippen LogP contribution in [0.3, 0.4) is 0 Å². The summed E-state index contributed by atoms with van der Waals surface area (Å²) in [5, 5.41) is 0. The van der Waals surface area contributed by atoms with Gasteiger partial charge in [0.1, 0.15) is 0 Å². The minimum Gasteiger partial charge on any atom is -0.465 e. The Morgan fingerprint density at radius 3 is 2.39 bits per heavy atom. The van der Waals surface area contributed by atoms with E-state index in [9.17, 15) is 4.79 Å². The van der Waals surface area contributed by atoms with Gasteiger partial charge in [0.25, 0.3) is 0 Å². The minimum absolute atomic E-state index is 0. The van der Waals surface area contributed by atoms with Crippen LogP contribution in [0.5, 0.6) is 0 Å². The maximum absolute atomic E-state index is 11.7. The first-order valence-corrected chi connectivity index (χ1v) is 7.22. The molecule has 2 aliphatic rings. The maximum Gasteiger partial charge on any atom is 0.309 e. The summed E-state index contributed by atoms with van der Waals surface area (Å²) in [6.07, 6.45) is 6.14. The first kappa shape index (κ1) is 18.1. The molecule has 0 amide bonds. The van der Waals surface area contributed by atoms with Crippen LogP contribution in [0.2, 0.25) is 0 Å². The number of carbonyl (C=O) groups is 1. The zero-order valence-corrected chi connectivity index (χ0v) is 14.0. The molecule has 3 atom stereocenters. The van der Waals surface area contributed by atoms with Crippen molar-refractivity contribution in [3.63, 3.8) is 0 Å². The van der Waals surface area contributed by atoms with Gasteiger partial charge in [-0.2, -0.15) is 0 Å². The fourth-order valence-corrected chi connectivity index (χ4v) is 3.70. The molecule has 3 unspecified atom stereocenters. The van der Waals surface area contributed by atoms with Crippen LogP contribution in [0.1, 0.15) is 66.7 Å². The van der Waals surface area contributed by atoms with Gasteiger partial charge in [-0.3, -0.25) is 4.79 Å². The molecule has 18 heavy (non-hydrogen) atoms. The molecule has 2 fully saturated rings. The van der Waals surface area contributed by atoms with Crippen LogP contribution in [0, 0.1) is 16.7 Å². The summed E-state index contributed by atoms with van der Waals surface area (Å²) < 4.78 is 5.38. The molecule has 0 bridgehead atoms. The van der Waals surface area contributed by atoms with E-state index < -0.39 is 0 Å². The summed E-state index contributed by atoms with van der Waals surface area (Å²) in [6, 6.07) is 0.